The van der Waals surface area contributed by atoms with Crippen LogP contribution in [0.25, 0.3) is 0 Å². The molecule has 0 bridgehead atoms. The Labute approximate surface area is 149 Å². The van der Waals surface area contributed by atoms with Crippen molar-refractivity contribution in [3.8, 4) is 0 Å². The first-order chi connectivity index (χ1) is 12.2. The lowest BCUT2D eigenvalue weighted by Gasteiger charge is -2.30. The Morgan fingerprint density at radius 1 is 1.12 bits per heavy atom. The minimum atomic E-state index is -0.0354. The van der Waals surface area contributed by atoms with Gasteiger partial charge in [0.15, 0.2) is 0 Å². The predicted molar refractivity (Wildman–Crippen MR) is 101 cm³/mol. The number of nitrogens with zero attached hydrogens (tertiary/aromatic N) is 1. The van der Waals surface area contributed by atoms with Crippen molar-refractivity contribution in [1.82, 2.24) is 4.57 Å². The van der Waals surface area contributed by atoms with Gasteiger partial charge in [-0.15, -0.1) is 0 Å². The van der Waals surface area contributed by atoms with Crippen LogP contribution in [0.1, 0.15) is 48.6 Å². The van der Waals surface area contributed by atoms with Crippen LogP contribution >= 0.6 is 0 Å². The van der Waals surface area contributed by atoms with Gasteiger partial charge in [0.1, 0.15) is 0 Å². The zero-order chi connectivity index (χ0) is 17.6. The summed E-state index contributed by atoms with van der Waals surface area (Å²) in [5.41, 5.74) is 8.13. The molecule has 2 aromatic rings. The van der Waals surface area contributed by atoms with Gasteiger partial charge in [-0.25, -0.2) is 0 Å². The first-order valence-electron chi connectivity index (χ1n) is 9.21. The van der Waals surface area contributed by atoms with Gasteiger partial charge < -0.3 is 15.0 Å². The lowest BCUT2D eigenvalue weighted by molar-refractivity contribution is 0.0172. The zero-order valence-corrected chi connectivity index (χ0v) is 14.9. The SMILES string of the molecule is Cn1cccc(C(CN)COC2CCC(c3ccccc3)CC2)c1=O. The van der Waals surface area contributed by atoms with Gasteiger partial charge in [0.25, 0.3) is 5.56 Å². The maximum atomic E-state index is 12.3. The Morgan fingerprint density at radius 2 is 1.84 bits per heavy atom. The van der Waals surface area contributed by atoms with Gasteiger partial charge in [-0.05, 0) is 43.2 Å². The van der Waals surface area contributed by atoms with Crippen molar-refractivity contribution in [3.05, 3.63) is 70.1 Å². The topological polar surface area (TPSA) is 57.2 Å². The van der Waals surface area contributed by atoms with E-state index in [0.29, 0.717) is 19.1 Å². The van der Waals surface area contributed by atoms with E-state index in [4.69, 9.17) is 10.5 Å². The van der Waals surface area contributed by atoms with Crippen molar-refractivity contribution in [3.63, 3.8) is 0 Å². The first-order valence-corrected chi connectivity index (χ1v) is 9.21. The van der Waals surface area contributed by atoms with Crippen molar-refractivity contribution in [1.29, 1.82) is 0 Å². The van der Waals surface area contributed by atoms with Crippen LogP contribution in [0.5, 0.6) is 0 Å². The normalized spacial score (nSPS) is 21.8. The van der Waals surface area contributed by atoms with Crippen molar-refractivity contribution < 1.29 is 4.74 Å². The molecule has 1 saturated carbocycles. The fourth-order valence-electron chi connectivity index (χ4n) is 3.75. The van der Waals surface area contributed by atoms with Gasteiger partial charge >= 0.3 is 0 Å². The summed E-state index contributed by atoms with van der Waals surface area (Å²) in [6, 6.07) is 14.5. The highest BCUT2D eigenvalue weighted by molar-refractivity contribution is 5.20. The quantitative estimate of drug-likeness (QED) is 0.879. The first kappa shape index (κ1) is 17.9. The summed E-state index contributed by atoms with van der Waals surface area (Å²) in [6.45, 7) is 0.953. The number of aryl methyl sites for hydroxylation is 1. The largest absolute Gasteiger partial charge is 0.378 e. The highest BCUT2D eigenvalue weighted by atomic mass is 16.5. The van der Waals surface area contributed by atoms with Crippen LogP contribution in [0.3, 0.4) is 0 Å². The van der Waals surface area contributed by atoms with Crippen molar-refractivity contribution in [2.75, 3.05) is 13.2 Å². The van der Waals surface area contributed by atoms with Crippen LogP contribution in [0.4, 0.5) is 0 Å². The van der Waals surface area contributed by atoms with Crippen molar-refractivity contribution >= 4 is 0 Å². The maximum absolute atomic E-state index is 12.3. The molecule has 1 unspecified atom stereocenters. The third-order valence-electron chi connectivity index (χ3n) is 5.36. The fourth-order valence-corrected chi connectivity index (χ4v) is 3.75. The highest BCUT2D eigenvalue weighted by Crippen LogP contribution is 2.34. The molecule has 3 rings (SSSR count). The maximum Gasteiger partial charge on any atom is 0.253 e. The van der Waals surface area contributed by atoms with E-state index in [2.05, 4.69) is 30.3 Å². The molecule has 1 heterocycles. The van der Waals surface area contributed by atoms with Crippen LogP contribution in [0.15, 0.2) is 53.5 Å². The number of pyridine rings is 1. The standard InChI is InChI=1S/C21H28N2O2/c1-23-13-5-8-20(21(23)24)18(14-22)15-25-19-11-9-17(10-12-19)16-6-3-2-4-7-16/h2-8,13,17-19H,9-12,14-15,22H2,1H3. The molecule has 1 aliphatic carbocycles. The average Bonchev–Trinajstić information content (AvgIpc) is 2.66. The van der Waals surface area contributed by atoms with Gasteiger partial charge in [-0.1, -0.05) is 36.4 Å². The molecule has 0 spiro atoms. The molecule has 1 fully saturated rings. The predicted octanol–water partition coefficient (Wildman–Crippen LogP) is 3.17. The van der Waals surface area contributed by atoms with Crippen LogP contribution in [0, 0.1) is 0 Å². The van der Waals surface area contributed by atoms with Crippen LogP contribution in [-0.4, -0.2) is 23.8 Å². The van der Waals surface area contributed by atoms with E-state index in [0.717, 1.165) is 31.2 Å². The molecule has 1 aliphatic rings. The number of benzene rings is 1. The number of hydrogen-bond donors (Lipinski definition) is 1. The Balaban J connectivity index is 1.53. The lowest BCUT2D eigenvalue weighted by atomic mass is 9.83. The van der Waals surface area contributed by atoms with E-state index in [1.165, 1.54) is 5.56 Å². The Bertz CT molecular complexity index is 718. The summed E-state index contributed by atoms with van der Waals surface area (Å²) >= 11 is 0. The summed E-state index contributed by atoms with van der Waals surface area (Å²) in [4.78, 5) is 12.3. The molecule has 25 heavy (non-hydrogen) atoms. The number of rotatable bonds is 6. The summed E-state index contributed by atoms with van der Waals surface area (Å²) in [7, 11) is 1.77. The molecule has 134 valence electrons. The second-order valence-corrected chi connectivity index (χ2v) is 7.03. The Morgan fingerprint density at radius 3 is 2.52 bits per heavy atom. The fraction of sp³-hybridized carbons (Fsp3) is 0.476. The Kier molecular flexibility index (Phi) is 6.05. The van der Waals surface area contributed by atoms with E-state index in [9.17, 15) is 4.79 Å². The molecular formula is C21H28N2O2. The number of aromatic nitrogens is 1. The van der Waals surface area contributed by atoms with Gasteiger partial charge in [0, 0.05) is 31.3 Å². The molecule has 4 nitrogen and oxygen atoms in total. The molecule has 1 aromatic carbocycles. The molecular weight excluding hydrogens is 312 g/mol. The third kappa shape index (κ3) is 4.39. The van der Waals surface area contributed by atoms with Gasteiger partial charge in [-0.3, -0.25) is 4.79 Å². The summed E-state index contributed by atoms with van der Waals surface area (Å²) in [5, 5.41) is 0. The van der Waals surface area contributed by atoms with Crippen LogP contribution in [-0.2, 0) is 11.8 Å². The average molecular weight is 340 g/mol. The van der Waals surface area contributed by atoms with Gasteiger partial charge in [0.05, 0.1) is 12.7 Å². The van der Waals surface area contributed by atoms with Crippen molar-refractivity contribution in [2.45, 2.75) is 43.6 Å². The summed E-state index contributed by atoms with van der Waals surface area (Å²) in [5.74, 6) is 0.611. The molecule has 2 N–H and O–H groups in total. The van der Waals surface area contributed by atoms with Gasteiger partial charge in [-0.2, -0.15) is 0 Å². The molecule has 0 aliphatic heterocycles. The van der Waals surface area contributed by atoms with E-state index < -0.39 is 0 Å². The van der Waals surface area contributed by atoms with E-state index in [-0.39, 0.29) is 17.6 Å². The van der Waals surface area contributed by atoms with Gasteiger partial charge in [0.2, 0.25) is 0 Å². The third-order valence-corrected chi connectivity index (χ3v) is 5.36. The molecule has 4 heteroatoms. The molecule has 0 radical (unpaired) electrons. The van der Waals surface area contributed by atoms with E-state index in [1.807, 2.05) is 12.1 Å². The number of hydrogen-bond acceptors (Lipinski definition) is 3. The van der Waals surface area contributed by atoms with E-state index >= 15 is 0 Å². The minimum absolute atomic E-state index is 0.0225. The number of ether oxygens (including phenoxy) is 1. The monoisotopic (exact) mass is 340 g/mol. The number of nitrogens with two attached hydrogens (primary N) is 1. The van der Waals surface area contributed by atoms with Crippen molar-refractivity contribution in [2.24, 2.45) is 12.8 Å². The van der Waals surface area contributed by atoms with E-state index in [1.54, 1.807) is 17.8 Å². The zero-order valence-electron chi connectivity index (χ0n) is 14.9. The minimum Gasteiger partial charge on any atom is -0.378 e. The smallest absolute Gasteiger partial charge is 0.253 e. The Hall–Kier alpha value is -1.91. The second-order valence-electron chi connectivity index (χ2n) is 7.03. The molecule has 1 aromatic heterocycles. The lowest BCUT2D eigenvalue weighted by Crippen LogP contribution is -2.30. The summed E-state index contributed by atoms with van der Waals surface area (Å²) < 4.78 is 7.74. The molecule has 1 atom stereocenters. The highest BCUT2D eigenvalue weighted by Gasteiger charge is 2.24. The molecule has 0 saturated heterocycles. The van der Waals surface area contributed by atoms with Crippen LogP contribution < -0.4 is 11.3 Å². The second kappa shape index (κ2) is 8.45. The molecule has 0 amide bonds. The van der Waals surface area contributed by atoms with Crippen LogP contribution in [0.2, 0.25) is 0 Å². The summed E-state index contributed by atoms with van der Waals surface area (Å²) in [6.07, 6.45) is 6.52.